The first-order valence-corrected chi connectivity index (χ1v) is 6.49. The number of nitrogens with two attached hydrogens (primary N) is 1. The molecule has 0 atom stereocenters. The molecule has 0 aliphatic carbocycles. The van der Waals surface area contributed by atoms with Crippen LogP contribution in [0.5, 0.6) is 5.75 Å². The highest BCUT2D eigenvalue weighted by molar-refractivity contribution is 14.0. The highest BCUT2D eigenvalue weighted by Gasteiger charge is 2.02. The second-order valence-corrected chi connectivity index (χ2v) is 4.48. The molecular formula is C14H17ClIN3O2. The number of nitrogens with one attached hydrogen (secondary N) is 1. The molecule has 0 saturated carbocycles. The number of halogens is 2. The van der Waals surface area contributed by atoms with Crippen LogP contribution >= 0.6 is 35.6 Å². The molecule has 0 saturated heterocycles. The minimum Gasteiger partial charge on any atom is -0.495 e. The topological polar surface area (TPSA) is 72.8 Å². The Bertz CT molecular complexity index is 588. The molecule has 0 unspecified atom stereocenters. The van der Waals surface area contributed by atoms with Crippen LogP contribution in [-0.4, -0.2) is 19.6 Å². The quantitative estimate of drug-likeness (QED) is 0.440. The molecule has 1 aromatic heterocycles. The van der Waals surface area contributed by atoms with Crippen LogP contribution in [-0.2, 0) is 6.42 Å². The SMILES string of the molecule is COc1ccc(NC(N)=NCCc2ccco2)cc1Cl.I. The number of hydrogen-bond donors (Lipinski definition) is 2. The molecule has 114 valence electrons. The second kappa shape index (κ2) is 8.78. The third-order valence-electron chi connectivity index (χ3n) is 2.64. The fourth-order valence-corrected chi connectivity index (χ4v) is 1.93. The van der Waals surface area contributed by atoms with Crippen LogP contribution in [0.25, 0.3) is 0 Å². The van der Waals surface area contributed by atoms with Gasteiger partial charge < -0.3 is 20.2 Å². The van der Waals surface area contributed by atoms with E-state index in [9.17, 15) is 0 Å². The summed E-state index contributed by atoms with van der Waals surface area (Å²) in [6, 6.07) is 9.07. The van der Waals surface area contributed by atoms with Crippen molar-refractivity contribution >= 4 is 47.2 Å². The number of guanidine groups is 1. The fourth-order valence-electron chi connectivity index (χ4n) is 1.67. The molecule has 5 nitrogen and oxygen atoms in total. The molecule has 2 aromatic rings. The largest absolute Gasteiger partial charge is 0.495 e. The van der Waals surface area contributed by atoms with E-state index in [-0.39, 0.29) is 24.0 Å². The minimum absolute atomic E-state index is 0. The number of furan rings is 1. The molecule has 0 spiro atoms. The van der Waals surface area contributed by atoms with E-state index in [1.54, 1.807) is 25.5 Å². The van der Waals surface area contributed by atoms with Crippen LogP contribution in [0, 0.1) is 0 Å². The smallest absolute Gasteiger partial charge is 0.193 e. The number of hydrogen-bond acceptors (Lipinski definition) is 3. The Morgan fingerprint density at radius 3 is 2.86 bits per heavy atom. The van der Waals surface area contributed by atoms with Gasteiger partial charge in [0, 0.05) is 18.7 Å². The summed E-state index contributed by atoms with van der Waals surface area (Å²) in [6.45, 7) is 0.552. The van der Waals surface area contributed by atoms with Gasteiger partial charge in [0.25, 0.3) is 0 Å². The first kappa shape index (κ1) is 17.6. The average Bonchev–Trinajstić information content (AvgIpc) is 2.92. The van der Waals surface area contributed by atoms with Crippen molar-refractivity contribution in [1.82, 2.24) is 0 Å². The normalized spacial score (nSPS) is 10.9. The van der Waals surface area contributed by atoms with Gasteiger partial charge in [0.1, 0.15) is 11.5 Å². The molecule has 7 heteroatoms. The zero-order chi connectivity index (χ0) is 14.4. The van der Waals surface area contributed by atoms with Crippen LogP contribution in [0.4, 0.5) is 5.69 Å². The summed E-state index contributed by atoms with van der Waals surface area (Å²) in [5.41, 5.74) is 6.56. The number of rotatable bonds is 5. The van der Waals surface area contributed by atoms with E-state index >= 15 is 0 Å². The summed E-state index contributed by atoms with van der Waals surface area (Å²) in [7, 11) is 1.57. The first-order valence-electron chi connectivity index (χ1n) is 6.12. The maximum absolute atomic E-state index is 6.03. The predicted molar refractivity (Wildman–Crippen MR) is 95.9 cm³/mol. The Kier molecular flexibility index (Phi) is 7.38. The van der Waals surface area contributed by atoms with Gasteiger partial charge in [-0.15, -0.1) is 24.0 Å². The summed E-state index contributed by atoms with van der Waals surface area (Å²) < 4.78 is 10.3. The number of anilines is 1. The third kappa shape index (κ3) is 5.47. The van der Waals surface area contributed by atoms with E-state index in [2.05, 4.69) is 10.3 Å². The van der Waals surface area contributed by atoms with Crippen molar-refractivity contribution in [2.24, 2.45) is 10.7 Å². The Hall–Kier alpha value is -1.41. The standard InChI is InChI=1S/C14H16ClN3O2.HI/c1-19-13-5-4-10(9-12(13)15)18-14(16)17-7-6-11-3-2-8-20-11;/h2-5,8-9H,6-7H2,1H3,(H3,16,17,18);1H. The molecular weight excluding hydrogens is 405 g/mol. The second-order valence-electron chi connectivity index (χ2n) is 4.07. The molecule has 0 bridgehead atoms. The molecule has 21 heavy (non-hydrogen) atoms. The number of aliphatic imine (C=N–C) groups is 1. The molecule has 0 amide bonds. The zero-order valence-corrected chi connectivity index (χ0v) is 14.6. The predicted octanol–water partition coefficient (Wildman–Crippen LogP) is 3.53. The van der Waals surface area contributed by atoms with Crippen molar-refractivity contribution in [3.8, 4) is 5.75 Å². The number of nitrogens with zero attached hydrogens (tertiary/aromatic N) is 1. The molecule has 1 aromatic carbocycles. The summed E-state index contributed by atoms with van der Waals surface area (Å²) in [6.07, 6.45) is 2.35. The lowest BCUT2D eigenvalue weighted by molar-refractivity contribution is 0.415. The highest BCUT2D eigenvalue weighted by Crippen LogP contribution is 2.26. The number of benzene rings is 1. The van der Waals surface area contributed by atoms with Crippen molar-refractivity contribution in [1.29, 1.82) is 0 Å². The fraction of sp³-hybridized carbons (Fsp3) is 0.214. The summed E-state index contributed by atoms with van der Waals surface area (Å²) in [4.78, 5) is 4.22. The lowest BCUT2D eigenvalue weighted by atomic mass is 10.3. The zero-order valence-electron chi connectivity index (χ0n) is 11.5. The Morgan fingerprint density at radius 2 is 2.24 bits per heavy atom. The van der Waals surface area contributed by atoms with Gasteiger partial charge in [0.05, 0.1) is 18.4 Å². The van der Waals surface area contributed by atoms with E-state index in [4.69, 9.17) is 26.5 Å². The van der Waals surface area contributed by atoms with Gasteiger partial charge in [-0.1, -0.05) is 11.6 Å². The van der Waals surface area contributed by atoms with Gasteiger partial charge in [-0.2, -0.15) is 0 Å². The Morgan fingerprint density at radius 1 is 1.43 bits per heavy atom. The molecule has 0 aliphatic rings. The Balaban J connectivity index is 0.00000220. The summed E-state index contributed by atoms with van der Waals surface area (Å²) >= 11 is 6.03. The van der Waals surface area contributed by atoms with Gasteiger partial charge in [0.2, 0.25) is 0 Å². The minimum atomic E-state index is 0. The molecule has 3 N–H and O–H groups in total. The van der Waals surface area contributed by atoms with Crippen LogP contribution in [0.2, 0.25) is 5.02 Å². The lowest BCUT2D eigenvalue weighted by Crippen LogP contribution is -2.23. The van der Waals surface area contributed by atoms with Crippen LogP contribution < -0.4 is 15.8 Å². The van der Waals surface area contributed by atoms with Gasteiger partial charge in [-0.05, 0) is 30.3 Å². The average molecular weight is 422 g/mol. The summed E-state index contributed by atoms with van der Waals surface area (Å²) in [5, 5.41) is 3.49. The van der Waals surface area contributed by atoms with Crippen molar-refractivity contribution < 1.29 is 9.15 Å². The van der Waals surface area contributed by atoms with Crippen molar-refractivity contribution in [3.63, 3.8) is 0 Å². The van der Waals surface area contributed by atoms with E-state index in [0.717, 1.165) is 11.4 Å². The van der Waals surface area contributed by atoms with Crippen molar-refractivity contribution in [2.45, 2.75) is 6.42 Å². The third-order valence-corrected chi connectivity index (χ3v) is 2.94. The first-order chi connectivity index (χ1) is 9.69. The van der Waals surface area contributed by atoms with Crippen LogP contribution in [0.3, 0.4) is 0 Å². The van der Waals surface area contributed by atoms with Crippen molar-refractivity contribution in [2.75, 3.05) is 19.0 Å². The van der Waals surface area contributed by atoms with E-state index in [0.29, 0.717) is 29.7 Å². The van der Waals surface area contributed by atoms with Gasteiger partial charge in [-0.25, -0.2) is 0 Å². The van der Waals surface area contributed by atoms with Gasteiger partial charge >= 0.3 is 0 Å². The highest BCUT2D eigenvalue weighted by atomic mass is 127. The van der Waals surface area contributed by atoms with Gasteiger partial charge in [-0.3, -0.25) is 4.99 Å². The Labute approximate surface area is 145 Å². The number of methoxy groups -OCH3 is 1. The molecule has 0 radical (unpaired) electrons. The van der Waals surface area contributed by atoms with Gasteiger partial charge in [0.15, 0.2) is 5.96 Å². The van der Waals surface area contributed by atoms with E-state index in [1.807, 2.05) is 18.2 Å². The van der Waals surface area contributed by atoms with E-state index in [1.165, 1.54) is 0 Å². The lowest BCUT2D eigenvalue weighted by Gasteiger charge is -2.08. The molecule has 0 fully saturated rings. The maximum Gasteiger partial charge on any atom is 0.193 e. The van der Waals surface area contributed by atoms with Crippen LogP contribution in [0.1, 0.15) is 5.76 Å². The maximum atomic E-state index is 6.03. The molecule has 1 heterocycles. The molecule has 0 aliphatic heterocycles. The van der Waals surface area contributed by atoms with Crippen molar-refractivity contribution in [3.05, 3.63) is 47.4 Å². The number of ether oxygens (including phenoxy) is 1. The summed E-state index contributed by atoms with van der Waals surface area (Å²) in [5.74, 6) is 1.83. The van der Waals surface area contributed by atoms with E-state index < -0.39 is 0 Å². The molecule has 2 rings (SSSR count). The monoisotopic (exact) mass is 421 g/mol. The van der Waals surface area contributed by atoms with Crippen LogP contribution in [0.15, 0.2) is 46.0 Å².